The molecule has 0 aliphatic carbocycles. The molecule has 0 rings (SSSR count). The molecule has 3 unspecified atom stereocenters. The second-order valence-corrected chi connectivity index (χ2v) is 3.69. The minimum Gasteiger partial charge on any atom is -0.459 e. The largest absolute Gasteiger partial charge is 0.459 e. The molecule has 3 atom stereocenters. The van der Waals surface area contributed by atoms with E-state index >= 15 is 0 Å². The summed E-state index contributed by atoms with van der Waals surface area (Å²) in [5, 5.41) is 8.03. The first-order valence-corrected chi connectivity index (χ1v) is 4.92. The van der Waals surface area contributed by atoms with Crippen molar-refractivity contribution in [2.75, 3.05) is 6.61 Å². The molecule has 4 heteroatoms. The van der Waals surface area contributed by atoms with Crippen LogP contribution in [-0.4, -0.2) is 29.2 Å². The molecule has 0 spiro atoms. The lowest BCUT2D eigenvalue weighted by Crippen LogP contribution is -2.29. The molecule has 0 aliphatic heterocycles. The van der Waals surface area contributed by atoms with E-state index in [9.17, 15) is 4.79 Å². The number of halogens is 1. The van der Waals surface area contributed by atoms with Crippen molar-refractivity contribution in [3.05, 3.63) is 0 Å². The summed E-state index contributed by atoms with van der Waals surface area (Å²) >= 11 is 5.83. The molecule has 0 heterocycles. The molecule has 0 fully saturated rings. The Morgan fingerprint density at radius 2 is 2.08 bits per heavy atom. The smallest absolute Gasteiger partial charge is 0.324 e. The fourth-order valence-electron chi connectivity index (χ4n) is 0.740. The van der Waals surface area contributed by atoms with Gasteiger partial charge in [-0.3, -0.25) is 4.79 Å². The van der Waals surface area contributed by atoms with E-state index in [0.717, 1.165) is 6.42 Å². The van der Waals surface area contributed by atoms with Gasteiger partial charge in [-0.2, -0.15) is 0 Å². The Bertz CT molecular complexity index is 161. The SMILES string of the molecule is CCC(C)C(Cl)C(=O)OC(C)CO. The summed E-state index contributed by atoms with van der Waals surface area (Å²) in [6.45, 7) is 5.30. The number of esters is 1. The van der Waals surface area contributed by atoms with E-state index in [1.807, 2.05) is 13.8 Å². The normalized spacial score (nSPS) is 17.6. The van der Waals surface area contributed by atoms with E-state index in [0.29, 0.717) is 0 Å². The number of rotatable bonds is 5. The monoisotopic (exact) mass is 208 g/mol. The molecule has 0 aromatic heterocycles. The Morgan fingerprint density at radius 1 is 1.54 bits per heavy atom. The van der Waals surface area contributed by atoms with Crippen LogP contribution in [0.5, 0.6) is 0 Å². The van der Waals surface area contributed by atoms with Gasteiger partial charge in [0.25, 0.3) is 0 Å². The highest BCUT2D eigenvalue weighted by Crippen LogP contribution is 2.15. The van der Waals surface area contributed by atoms with E-state index in [1.54, 1.807) is 6.92 Å². The van der Waals surface area contributed by atoms with Gasteiger partial charge in [0.05, 0.1) is 6.61 Å². The van der Waals surface area contributed by atoms with Crippen molar-refractivity contribution in [1.29, 1.82) is 0 Å². The molecular weight excluding hydrogens is 192 g/mol. The van der Waals surface area contributed by atoms with Crippen LogP contribution in [0.4, 0.5) is 0 Å². The number of hydrogen-bond acceptors (Lipinski definition) is 3. The molecule has 0 aromatic carbocycles. The molecule has 0 amide bonds. The number of ether oxygens (including phenoxy) is 1. The molecule has 0 radical (unpaired) electrons. The Hall–Kier alpha value is -0.280. The number of alkyl halides is 1. The summed E-state index contributed by atoms with van der Waals surface area (Å²) in [6.07, 6.45) is 0.356. The van der Waals surface area contributed by atoms with Gasteiger partial charge in [0, 0.05) is 0 Å². The zero-order valence-electron chi connectivity index (χ0n) is 8.29. The van der Waals surface area contributed by atoms with Gasteiger partial charge in [0.2, 0.25) is 0 Å². The van der Waals surface area contributed by atoms with Crippen molar-refractivity contribution in [1.82, 2.24) is 0 Å². The zero-order valence-corrected chi connectivity index (χ0v) is 9.04. The molecule has 3 nitrogen and oxygen atoms in total. The maximum absolute atomic E-state index is 11.2. The molecular formula is C9H17ClO3. The number of carbonyl (C=O) groups excluding carboxylic acids is 1. The highest BCUT2D eigenvalue weighted by Gasteiger charge is 2.23. The first-order chi connectivity index (χ1) is 6.02. The number of hydrogen-bond donors (Lipinski definition) is 1. The number of aliphatic hydroxyl groups is 1. The molecule has 0 saturated heterocycles. The van der Waals surface area contributed by atoms with E-state index in [1.165, 1.54) is 0 Å². The van der Waals surface area contributed by atoms with Crippen LogP contribution in [0.25, 0.3) is 0 Å². The fourth-order valence-corrected chi connectivity index (χ4v) is 0.969. The van der Waals surface area contributed by atoms with E-state index in [2.05, 4.69) is 0 Å². The Balaban J connectivity index is 3.96. The van der Waals surface area contributed by atoms with Crippen LogP contribution in [0.2, 0.25) is 0 Å². The number of aliphatic hydroxyl groups excluding tert-OH is 1. The minimum atomic E-state index is -0.612. The van der Waals surface area contributed by atoms with Gasteiger partial charge in [0.1, 0.15) is 11.5 Å². The topological polar surface area (TPSA) is 46.5 Å². The zero-order chi connectivity index (χ0) is 10.4. The third-order valence-electron chi connectivity index (χ3n) is 1.94. The van der Waals surface area contributed by atoms with Crippen LogP contribution in [0, 0.1) is 5.92 Å². The predicted octanol–water partition coefficient (Wildman–Crippen LogP) is 1.56. The van der Waals surface area contributed by atoms with Crippen LogP contribution in [0.1, 0.15) is 27.2 Å². The molecule has 78 valence electrons. The lowest BCUT2D eigenvalue weighted by molar-refractivity contribution is -0.150. The predicted molar refractivity (Wildman–Crippen MR) is 51.7 cm³/mol. The van der Waals surface area contributed by atoms with Crippen LogP contribution < -0.4 is 0 Å². The molecule has 0 aliphatic rings. The van der Waals surface area contributed by atoms with Crippen molar-refractivity contribution in [3.8, 4) is 0 Å². The minimum absolute atomic E-state index is 0.0973. The van der Waals surface area contributed by atoms with Gasteiger partial charge < -0.3 is 9.84 Å². The number of carbonyl (C=O) groups is 1. The lowest BCUT2D eigenvalue weighted by atomic mass is 10.1. The fraction of sp³-hybridized carbons (Fsp3) is 0.889. The van der Waals surface area contributed by atoms with Crippen molar-refractivity contribution in [2.24, 2.45) is 5.92 Å². The summed E-state index contributed by atoms with van der Waals surface area (Å²) < 4.78 is 4.86. The van der Waals surface area contributed by atoms with Gasteiger partial charge in [-0.25, -0.2) is 0 Å². The second kappa shape index (κ2) is 6.22. The van der Waals surface area contributed by atoms with Crippen LogP contribution in [0.3, 0.4) is 0 Å². The van der Waals surface area contributed by atoms with E-state index < -0.39 is 17.5 Å². The summed E-state index contributed by atoms with van der Waals surface area (Å²) in [5.74, 6) is -0.349. The van der Waals surface area contributed by atoms with Gasteiger partial charge in [-0.05, 0) is 12.8 Å². The van der Waals surface area contributed by atoms with Gasteiger partial charge in [-0.1, -0.05) is 20.3 Å². The van der Waals surface area contributed by atoms with Crippen LogP contribution in [-0.2, 0) is 9.53 Å². The molecule has 0 saturated carbocycles. The van der Waals surface area contributed by atoms with Crippen LogP contribution >= 0.6 is 11.6 Å². The summed E-state index contributed by atoms with van der Waals surface area (Å²) in [6, 6.07) is 0. The first-order valence-electron chi connectivity index (χ1n) is 4.48. The van der Waals surface area contributed by atoms with Crippen molar-refractivity contribution in [2.45, 2.75) is 38.7 Å². The third kappa shape index (κ3) is 4.48. The Morgan fingerprint density at radius 3 is 2.46 bits per heavy atom. The van der Waals surface area contributed by atoms with Crippen molar-refractivity contribution in [3.63, 3.8) is 0 Å². The average Bonchev–Trinajstić information content (AvgIpc) is 2.14. The summed E-state index contributed by atoms with van der Waals surface area (Å²) in [4.78, 5) is 11.2. The molecule has 0 bridgehead atoms. The van der Waals surface area contributed by atoms with Gasteiger partial charge in [0.15, 0.2) is 0 Å². The van der Waals surface area contributed by atoms with Crippen molar-refractivity contribution < 1.29 is 14.6 Å². The maximum atomic E-state index is 11.2. The maximum Gasteiger partial charge on any atom is 0.324 e. The lowest BCUT2D eigenvalue weighted by Gasteiger charge is -2.17. The van der Waals surface area contributed by atoms with Crippen molar-refractivity contribution >= 4 is 17.6 Å². The standard InChI is InChI=1S/C9H17ClO3/c1-4-6(2)8(10)9(12)13-7(3)5-11/h6-8,11H,4-5H2,1-3H3. The Kier molecular flexibility index (Phi) is 6.08. The quantitative estimate of drug-likeness (QED) is 0.551. The third-order valence-corrected chi connectivity index (χ3v) is 2.55. The Labute approximate surface area is 84.0 Å². The van der Waals surface area contributed by atoms with Gasteiger partial charge in [-0.15, -0.1) is 11.6 Å². The first kappa shape index (κ1) is 12.7. The van der Waals surface area contributed by atoms with E-state index in [4.69, 9.17) is 21.4 Å². The summed E-state index contributed by atoms with van der Waals surface area (Å²) in [5.41, 5.74) is 0. The highest BCUT2D eigenvalue weighted by atomic mass is 35.5. The second-order valence-electron chi connectivity index (χ2n) is 3.22. The average molecular weight is 209 g/mol. The molecule has 13 heavy (non-hydrogen) atoms. The van der Waals surface area contributed by atoms with Gasteiger partial charge >= 0.3 is 5.97 Å². The highest BCUT2D eigenvalue weighted by molar-refractivity contribution is 6.30. The van der Waals surface area contributed by atoms with Crippen LogP contribution in [0.15, 0.2) is 0 Å². The van der Waals surface area contributed by atoms with E-state index in [-0.39, 0.29) is 12.5 Å². The molecule has 0 aromatic rings. The summed E-state index contributed by atoms with van der Waals surface area (Å²) in [7, 11) is 0. The molecule has 1 N–H and O–H groups in total.